The molecule has 0 radical (unpaired) electrons. The van der Waals surface area contributed by atoms with E-state index in [0.29, 0.717) is 5.56 Å². The molecule has 1 amide bonds. The largest absolute Gasteiger partial charge is 0.349 e. The molecule has 2 aromatic rings. The molecule has 8 heteroatoms. The zero-order valence-electron chi connectivity index (χ0n) is 14.1. The van der Waals surface area contributed by atoms with Crippen molar-refractivity contribution in [1.29, 1.82) is 0 Å². The normalized spacial score (nSPS) is 17.4. The quantitative estimate of drug-likeness (QED) is 0.756. The van der Waals surface area contributed by atoms with Gasteiger partial charge in [-0.15, -0.1) is 0 Å². The van der Waals surface area contributed by atoms with E-state index in [4.69, 9.17) is 0 Å². The van der Waals surface area contributed by atoms with E-state index in [1.807, 2.05) is 31.2 Å². The molecule has 0 aliphatic carbocycles. The van der Waals surface area contributed by atoms with Crippen molar-refractivity contribution >= 4 is 37.7 Å². The number of rotatable bonds is 5. The van der Waals surface area contributed by atoms with Crippen molar-refractivity contribution in [1.82, 2.24) is 10.0 Å². The fraction of sp³-hybridized carbons (Fsp3) is 0.222. The predicted molar refractivity (Wildman–Crippen MR) is 103 cm³/mol. The van der Waals surface area contributed by atoms with E-state index in [1.165, 1.54) is 6.07 Å². The smallest absolute Gasteiger partial charge is 0.263 e. The molecule has 136 valence electrons. The minimum Gasteiger partial charge on any atom is -0.349 e. The van der Waals surface area contributed by atoms with Crippen LogP contribution in [0.3, 0.4) is 0 Å². The Morgan fingerprint density at radius 2 is 1.88 bits per heavy atom. The number of carbonyl (C=O) groups is 1. The number of aliphatic imine (C=N–C) groups is 1. The summed E-state index contributed by atoms with van der Waals surface area (Å²) in [6.07, 6.45) is 0.169. The van der Waals surface area contributed by atoms with Crippen molar-refractivity contribution in [3.8, 4) is 0 Å². The van der Waals surface area contributed by atoms with E-state index in [2.05, 4.69) is 31.0 Å². The summed E-state index contributed by atoms with van der Waals surface area (Å²) in [6.45, 7) is 2.10. The first-order valence-electron chi connectivity index (χ1n) is 8.09. The summed E-state index contributed by atoms with van der Waals surface area (Å²) >= 11 is 3.47. The highest BCUT2D eigenvalue weighted by Gasteiger charge is 2.29. The molecular formula is C18H18BrN3O3S. The monoisotopic (exact) mass is 435 g/mol. The number of halogens is 1. The summed E-state index contributed by atoms with van der Waals surface area (Å²) in [7, 11) is -3.55. The summed E-state index contributed by atoms with van der Waals surface area (Å²) in [5, 5.41) is 2.92. The van der Waals surface area contributed by atoms with Gasteiger partial charge in [0.25, 0.3) is 10.0 Å². The second-order valence-corrected chi connectivity index (χ2v) is 8.40. The number of fused-ring (bicyclic) bond motifs is 1. The SMILES string of the molecule is CC(NC(=O)CCN=C1NS(=O)(=O)c2ccccc21)c1ccccc1Br. The van der Waals surface area contributed by atoms with Crippen LogP contribution in [0.1, 0.15) is 30.5 Å². The van der Waals surface area contributed by atoms with Crippen molar-refractivity contribution in [3.05, 3.63) is 64.1 Å². The van der Waals surface area contributed by atoms with Crippen molar-refractivity contribution in [3.63, 3.8) is 0 Å². The van der Waals surface area contributed by atoms with Crippen molar-refractivity contribution in [2.45, 2.75) is 24.3 Å². The van der Waals surface area contributed by atoms with Crippen LogP contribution in [0.5, 0.6) is 0 Å². The van der Waals surface area contributed by atoms with Gasteiger partial charge in [0, 0.05) is 16.5 Å². The number of hydrogen-bond acceptors (Lipinski definition) is 4. The summed E-state index contributed by atoms with van der Waals surface area (Å²) in [4.78, 5) is 16.6. The molecule has 0 bridgehead atoms. The van der Waals surface area contributed by atoms with Crippen LogP contribution >= 0.6 is 15.9 Å². The molecule has 1 aliphatic heterocycles. The van der Waals surface area contributed by atoms with E-state index in [-0.39, 0.29) is 35.6 Å². The van der Waals surface area contributed by atoms with Gasteiger partial charge in [0.05, 0.1) is 17.5 Å². The van der Waals surface area contributed by atoms with Gasteiger partial charge >= 0.3 is 0 Å². The van der Waals surface area contributed by atoms with Gasteiger partial charge in [0.1, 0.15) is 5.84 Å². The lowest BCUT2D eigenvalue weighted by Crippen LogP contribution is -2.28. The Balaban J connectivity index is 1.61. The molecule has 26 heavy (non-hydrogen) atoms. The van der Waals surface area contributed by atoms with Gasteiger partial charge in [-0.25, -0.2) is 8.42 Å². The second kappa shape index (κ2) is 7.59. The third-order valence-electron chi connectivity index (χ3n) is 4.02. The molecule has 0 saturated heterocycles. The van der Waals surface area contributed by atoms with E-state index >= 15 is 0 Å². The molecule has 1 heterocycles. The zero-order valence-corrected chi connectivity index (χ0v) is 16.5. The molecule has 6 nitrogen and oxygen atoms in total. The fourth-order valence-corrected chi connectivity index (χ4v) is 4.62. The lowest BCUT2D eigenvalue weighted by Gasteiger charge is -2.15. The predicted octanol–water partition coefficient (Wildman–Crippen LogP) is 2.76. The minimum absolute atomic E-state index is 0.142. The Hall–Kier alpha value is -2.19. The maximum absolute atomic E-state index is 12.2. The van der Waals surface area contributed by atoms with Crippen LogP contribution in [0, 0.1) is 0 Å². The highest BCUT2D eigenvalue weighted by Crippen LogP contribution is 2.23. The van der Waals surface area contributed by atoms with E-state index in [1.54, 1.807) is 18.2 Å². The molecule has 0 aromatic heterocycles. The zero-order chi connectivity index (χ0) is 18.7. The molecule has 1 atom stereocenters. The Morgan fingerprint density at radius 1 is 1.19 bits per heavy atom. The van der Waals surface area contributed by atoms with Crippen LogP contribution in [0.15, 0.2) is 62.9 Å². The molecule has 2 aromatic carbocycles. The number of nitrogens with zero attached hydrogens (tertiary/aromatic N) is 1. The third-order valence-corrected chi connectivity index (χ3v) is 6.14. The van der Waals surface area contributed by atoms with Crippen LogP contribution < -0.4 is 10.0 Å². The highest BCUT2D eigenvalue weighted by molar-refractivity contribution is 9.10. The van der Waals surface area contributed by atoms with Crippen LogP contribution in [0.4, 0.5) is 0 Å². The summed E-state index contributed by atoms with van der Waals surface area (Å²) < 4.78 is 27.4. The van der Waals surface area contributed by atoms with Gasteiger partial charge in [-0.2, -0.15) is 0 Å². The van der Waals surface area contributed by atoms with Crippen molar-refractivity contribution in [2.24, 2.45) is 4.99 Å². The molecule has 1 unspecified atom stereocenters. The molecule has 0 saturated carbocycles. The first kappa shape index (κ1) is 18.6. The van der Waals surface area contributed by atoms with Crippen LogP contribution in [-0.2, 0) is 14.8 Å². The van der Waals surface area contributed by atoms with E-state index in [9.17, 15) is 13.2 Å². The van der Waals surface area contributed by atoms with Gasteiger partial charge in [-0.3, -0.25) is 14.5 Å². The number of amides is 1. The van der Waals surface area contributed by atoms with Gasteiger partial charge in [0.15, 0.2) is 0 Å². The summed E-state index contributed by atoms with van der Waals surface area (Å²) in [6, 6.07) is 14.2. The standard InChI is InChI=1S/C18H18BrN3O3S/c1-12(13-6-2-4-8-15(13)19)21-17(23)10-11-20-18-14-7-3-5-9-16(14)26(24,25)22-18/h2-9,12H,10-11H2,1H3,(H,20,22)(H,21,23). The summed E-state index contributed by atoms with van der Waals surface area (Å²) in [5.41, 5.74) is 1.53. The number of hydrogen-bond donors (Lipinski definition) is 2. The number of sulfonamides is 1. The van der Waals surface area contributed by atoms with E-state index < -0.39 is 10.0 Å². The average Bonchev–Trinajstić information content (AvgIpc) is 2.86. The molecular weight excluding hydrogens is 418 g/mol. The Bertz CT molecular complexity index is 973. The fourth-order valence-electron chi connectivity index (χ4n) is 2.74. The van der Waals surface area contributed by atoms with Crippen LogP contribution in [-0.4, -0.2) is 26.7 Å². The number of carbonyl (C=O) groups excluding carboxylic acids is 1. The Morgan fingerprint density at radius 3 is 2.65 bits per heavy atom. The maximum atomic E-state index is 12.2. The van der Waals surface area contributed by atoms with Crippen LogP contribution in [0.25, 0.3) is 0 Å². The first-order valence-corrected chi connectivity index (χ1v) is 10.4. The number of benzene rings is 2. The lowest BCUT2D eigenvalue weighted by molar-refractivity contribution is -0.121. The average molecular weight is 436 g/mol. The third kappa shape index (κ3) is 3.96. The van der Waals surface area contributed by atoms with Gasteiger partial charge in [-0.1, -0.05) is 46.3 Å². The Labute approximate surface area is 160 Å². The topological polar surface area (TPSA) is 87.6 Å². The van der Waals surface area contributed by atoms with Gasteiger partial charge in [0.2, 0.25) is 5.91 Å². The summed E-state index contributed by atoms with van der Waals surface area (Å²) in [5.74, 6) is 0.138. The minimum atomic E-state index is -3.55. The first-order chi connectivity index (χ1) is 12.4. The van der Waals surface area contributed by atoms with Crippen molar-refractivity contribution in [2.75, 3.05) is 6.54 Å². The van der Waals surface area contributed by atoms with Crippen molar-refractivity contribution < 1.29 is 13.2 Å². The maximum Gasteiger partial charge on any atom is 0.263 e. The molecule has 3 rings (SSSR count). The molecule has 0 fully saturated rings. The lowest BCUT2D eigenvalue weighted by atomic mass is 10.1. The number of nitrogens with one attached hydrogen (secondary N) is 2. The van der Waals surface area contributed by atoms with E-state index in [0.717, 1.165) is 10.0 Å². The molecule has 1 aliphatic rings. The Kier molecular flexibility index (Phi) is 5.43. The highest BCUT2D eigenvalue weighted by atomic mass is 79.9. The van der Waals surface area contributed by atoms with Gasteiger partial charge in [-0.05, 0) is 30.7 Å². The molecule has 2 N–H and O–H groups in total. The number of amidine groups is 1. The van der Waals surface area contributed by atoms with Crippen LogP contribution in [0.2, 0.25) is 0 Å². The molecule has 0 spiro atoms. The van der Waals surface area contributed by atoms with Gasteiger partial charge < -0.3 is 5.32 Å². The second-order valence-electron chi connectivity index (χ2n) is 5.89.